The number of nitrogens with one attached hydrogen (secondary N) is 2. The van der Waals surface area contributed by atoms with Gasteiger partial charge in [0.15, 0.2) is 6.10 Å². The van der Waals surface area contributed by atoms with E-state index in [1.54, 1.807) is 36.4 Å². The van der Waals surface area contributed by atoms with Crippen molar-refractivity contribution in [3.63, 3.8) is 0 Å². The number of aryl methyl sites for hydroxylation is 1. The molecule has 140 valence electrons. The summed E-state index contributed by atoms with van der Waals surface area (Å²) in [6.45, 7) is 1.71. The van der Waals surface area contributed by atoms with Gasteiger partial charge in [0.2, 0.25) is 0 Å². The number of amides is 1. The maximum absolute atomic E-state index is 12.0. The lowest BCUT2D eigenvalue weighted by molar-refractivity contribution is -0.154. The fourth-order valence-electron chi connectivity index (χ4n) is 2.51. The highest BCUT2D eigenvalue weighted by molar-refractivity contribution is 5.83. The molecule has 8 nitrogen and oxygen atoms in total. The van der Waals surface area contributed by atoms with Crippen LogP contribution in [0, 0.1) is 0 Å². The minimum atomic E-state index is -0.934. The molecule has 1 aromatic carbocycles. The largest absolute Gasteiger partial charge is 0.467 e. The zero-order valence-corrected chi connectivity index (χ0v) is 14.7. The first-order chi connectivity index (χ1) is 13.0. The average molecular weight is 369 g/mol. The van der Waals surface area contributed by atoms with Gasteiger partial charge in [0, 0.05) is 6.42 Å². The Kier molecular flexibility index (Phi) is 5.65. The Morgan fingerprint density at radius 3 is 2.85 bits per heavy atom. The number of rotatable bonds is 7. The second-order valence-corrected chi connectivity index (χ2v) is 5.96. The number of ether oxygens (including phenoxy) is 1. The van der Waals surface area contributed by atoms with Crippen molar-refractivity contribution in [2.75, 3.05) is 0 Å². The molecule has 1 atom stereocenters. The molecule has 2 N–H and O–H groups in total. The minimum Gasteiger partial charge on any atom is -0.467 e. The number of hydrogen-bond acceptors (Lipinski definition) is 6. The summed E-state index contributed by atoms with van der Waals surface area (Å²) < 4.78 is 10.2. The molecule has 0 saturated heterocycles. The van der Waals surface area contributed by atoms with Crippen molar-refractivity contribution in [2.45, 2.75) is 32.4 Å². The van der Waals surface area contributed by atoms with Crippen molar-refractivity contribution < 1.29 is 18.7 Å². The Morgan fingerprint density at radius 1 is 1.26 bits per heavy atom. The van der Waals surface area contributed by atoms with Gasteiger partial charge >= 0.3 is 5.97 Å². The first-order valence-electron chi connectivity index (χ1n) is 8.50. The molecule has 0 radical (unpaired) electrons. The van der Waals surface area contributed by atoms with Crippen LogP contribution >= 0.6 is 0 Å². The van der Waals surface area contributed by atoms with Crippen molar-refractivity contribution in [2.24, 2.45) is 0 Å². The van der Waals surface area contributed by atoms with Gasteiger partial charge in [-0.1, -0.05) is 12.1 Å². The lowest BCUT2D eigenvalue weighted by Gasteiger charge is -2.13. The number of carbonyl (C=O) groups is 2. The predicted molar refractivity (Wildman–Crippen MR) is 96.8 cm³/mol. The number of aromatic amines is 1. The van der Waals surface area contributed by atoms with Crippen LogP contribution in [0.4, 0.5) is 0 Å². The fraction of sp³-hybridized carbons (Fsp3) is 0.263. The van der Waals surface area contributed by atoms with Gasteiger partial charge in [-0.05, 0) is 31.2 Å². The van der Waals surface area contributed by atoms with E-state index in [0.717, 1.165) is 0 Å². The van der Waals surface area contributed by atoms with Crippen LogP contribution in [-0.4, -0.2) is 27.9 Å². The van der Waals surface area contributed by atoms with Crippen molar-refractivity contribution in [1.82, 2.24) is 15.3 Å². The Bertz CT molecular complexity index is 994. The summed E-state index contributed by atoms with van der Waals surface area (Å²) in [5, 5.41) is 3.11. The molecule has 27 heavy (non-hydrogen) atoms. The first kappa shape index (κ1) is 18.4. The molecule has 2 aromatic heterocycles. The summed E-state index contributed by atoms with van der Waals surface area (Å²) in [4.78, 5) is 42.9. The molecule has 0 saturated carbocycles. The van der Waals surface area contributed by atoms with Gasteiger partial charge in [0.25, 0.3) is 11.5 Å². The summed E-state index contributed by atoms with van der Waals surface area (Å²) in [5.41, 5.74) is 0.310. The Morgan fingerprint density at radius 2 is 2.07 bits per heavy atom. The highest BCUT2D eigenvalue weighted by Crippen LogP contribution is 2.07. The number of nitrogens with zero attached hydrogens (tertiary/aromatic N) is 1. The van der Waals surface area contributed by atoms with E-state index in [0.29, 0.717) is 22.5 Å². The van der Waals surface area contributed by atoms with Crippen LogP contribution in [0.25, 0.3) is 10.9 Å². The van der Waals surface area contributed by atoms with E-state index in [-0.39, 0.29) is 24.9 Å². The number of furan rings is 1. The van der Waals surface area contributed by atoms with Gasteiger partial charge in [-0.15, -0.1) is 0 Å². The SMILES string of the molecule is CC(OC(=O)CCc1nc2ccccc2c(=O)[nH]1)C(=O)NCc1ccco1. The van der Waals surface area contributed by atoms with Crippen molar-refractivity contribution in [1.29, 1.82) is 0 Å². The van der Waals surface area contributed by atoms with E-state index < -0.39 is 18.0 Å². The third-order valence-electron chi connectivity index (χ3n) is 3.92. The number of fused-ring (bicyclic) bond motifs is 1. The maximum Gasteiger partial charge on any atom is 0.307 e. The maximum atomic E-state index is 12.0. The van der Waals surface area contributed by atoms with Crippen LogP contribution in [0.1, 0.15) is 24.9 Å². The Balaban J connectivity index is 1.50. The third kappa shape index (κ3) is 4.81. The average Bonchev–Trinajstić information content (AvgIpc) is 3.18. The normalized spacial score (nSPS) is 11.9. The highest BCUT2D eigenvalue weighted by atomic mass is 16.5. The van der Waals surface area contributed by atoms with Crippen LogP contribution in [-0.2, 0) is 27.3 Å². The van der Waals surface area contributed by atoms with Gasteiger partial charge in [-0.3, -0.25) is 14.4 Å². The smallest absolute Gasteiger partial charge is 0.307 e. The van der Waals surface area contributed by atoms with Gasteiger partial charge in [-0.25, -0.2) is 4.98 Å². The predicted octanol–water partition coefficient (Wildman–Crippen LogP) is 1.70. The fourth-order valence-corrected chi connectivity index (χ4v) is 2.51. The monoisotopic (exact) mass is 369 g/mol. The Hall–Kier alpha value is -3.42. The van der Waals surface area contributed by atoms with Crippen molar-refractivity contribution in [3.05, 3.63) is 64.6 Å². The zero-order chi connectivity index (χ0) is 19.2. The van der Waals surface area contributed by atoms with E-state index in [1.165, 1.54) is 13.2 Å². The molecular formula is C19H19N3O5. The molecule has 1 amide bonds. The zero-order valence-electron chi connectivity index (χ0n) is 14.7. The van der Waals surface area contributed by atoms with Gasteiger partial charge in [0.05, 0.1) is 30.1 Å². The number of carbonyl (C=O) groups excluding carboxylic acids is 2. The lowest BCUT2D eigenvalue weighted by atomic mass is 10.2. The van der Waals surface area contributed by atoms with E-state index >= 15 is 0 Å². The molecule has 0 aliphatic rings. The van der Waals surface area contributed by atoms with Crippen molar-refractivity contribution >= 4 is 22.8 Å². The van der Waals surface area contributed by atoms with Crippen LogP contribution in [0.15, 0.2) is 51.9 Å². The molecule has 0 spiro atoms. The number of esters is 1. The standard InChI is InChI=1S/C19H19N3O5/c1-12(18(24)20-11-13-5-4-10-26-13)27-17(23)9-8-16-21-15-7-3-2-6-14(15)19(25)22-16/h2-7,10,12H,8-9,11H2,1H3,(H,20,24)(H,21,22,25). The molecule has 3 rings (SSSR count). The van der Waals surface area contributed by atoms with Crippen LogP contribution in [0.3, 0.4) is 0 Å². The lowest BCUT2D eigenvalue weighted by Crippen LogP contribution is -2.35. The number of benzene rings is 1. The second kappa shape index (κ2) is 8.31. The Labute approximate surface area is 154 Å². The summed E-state index contributed by atoms with van der Waals surface area (Å²) >= 11 is 0. The summed E-state index contributed by atoms with van der Waals surface area (Å²) in [5.74, 6) is 0.0298. The molecule has 0 aliphatic carbocycles. The highest BCUT2D eigenvalue weighted by Gasteiger charge is 2.18. The number of para-hydroxylation sites is 1. The summed E-state index contributed by atoms with van der Waals surface area (Å²) in [6.07, 6.45) is 0.781. The second-order valence-electron chi connectivity index (χ2n) is 5.96. The number of H-pyrrole nitrogens is 1. The van der Waals surface area contributed by atoms with E-state index in [1.807, 2.05) is 0 Å². The van der Waals surface area contributed by atoms with E-state index in [9.17, 15) is 14.4 Å². The number of hydrogen-bond donors (Lipinski definition) is 2. The number of aromatic nitrogens is 2. The first-order valence-corrected chi connectivity index (χ1v) is 8.50. The summed E-state index contributed by atoms with van der Waals surface area (Å²) in [7, 11) is 0. The van der Waals surface area contributed by atoms with E-state index in [4.69, 9.17) is 9.15 Å². The van der Waals surface area contributed by atoms with Gasteiger partial charge < -0.3 is 19.5 Å². The molecule has 1 unspecified atom stereocenters. The van der Waals surface area contributed by atoms with Crippen molar-refractivity contribution in [3.8, 4) is 0 Å². The minimum absolute atomic E-state index is 0.00289. The molecule has 8 heteroatoms. The van der Waals surface area contributed by atoms with Gasteiger partial charge in [-0.2, -0.15) is 0 Å². The van der Waals surface area contributed by atoms with Crippen LogP contribution < -0.4 is 10.9 Å². The van der Waals surface area contributed by atoms with E-state index in [2.05, 4.69) is 15.3 Å². The molecule has 3 aromatic rings. The molecule has 2 heterocycles. The quantitative estimate of drug-likeness (QED) is 0.613. The molecule has 0 bridgehead atoms. The van der Waals surface area contributed by atoms with Gasteiger partial charge in [0.1, 0.15) is 11.6 Å². The third-order valence-corrected chi connectivity index (χ3v) is 3.92. The summed E-state index contributed by atoms with van der Waals surface area (Å²) in [6, 6.07) is 10.4. The topological polar surface area (TPSA) is 114 Å². The molecular weight excluding hydrogens is 350 g/mol. The molecule has 0 fully saturated rings. The van der Waals surface area contributed by atoms with Crippen LogP contribution in [0.5, 0.6) is 0 Å². The molecule has 0 aliphatic heterocycles. The van der Waals surface area contributed by atoms with Crippen LogP contribution in [0.2, 0.25) is 0 Å².